The highest BCUT2D eigenvalue weighted by atomic mass is 32.1. The SMILES string of the molecule is CCOc1cccc(N2C(=O)/C(=C\c3ccc(F)cc3)C(=O)NC2=S)c1. The lowest BCUT2D eigenvalue weighted by atomic mass is 10.1. The average Bonchev–Trinajstić information content (AvgIpc) is 2.61. The molecule has 0 aliphatic carbocycles. The van der Waals surface area contributed by atoms with E-state index < -0.39 is 17.6 Å². The zero-order valence-corrected chi connectivity index (χ0v) is 14.7. The Morgan fingerprint density at radius 1 is 1.19 bits per heavy atom. The summed E-state index contributed by atoms with van der Waals surface area (Å²) < 4.78 is 18.5. The van der Waals surface area contributed by atoms with Gasteiger partial charge in [-0.15, -0.1) is 0 Å². The van der Waals surface area contributed by atoms with Crippen molar-refractivity contribution < 1.29 is 18.7 Å². The summed E-state index contributed by atoms with van der Waals surface area (Å²) in [4.78, 5) is 26.3. The molecule has 0 spiro atoms. The molecular formula is C19H15FN2O3S. The van der Waals surface area contributed by atoms with Crippen LogP contribution in [-0.4, -0.2) is 23.5 Å². The van der Waals surface area contributed by atoms with Gasteiger partial charge in [0.25, 0.3) is 11.8 Å². The van der Waals surface area contributed by atoms with E-state index in [9.17, 15) is 14.0 Å². The summed E-state index contributed by atoms with van der Waals surface area (Å²) in [6.45, 7) is 2.33. The van der Waals surface area contributed by atoms with E-state index in [2.05, 4.69) is 5.32 Å². The zero-order chi connectivity index (χ0) is 18.7. The summed E-state index contributed by atoms with van der Waals surface area (Å²) in [5.74, 6) is -0.970. The van der Waals surface area contributed by atoms with Gasteiger partial charge in [-0.05, 0) is 55.0 Å². The highest BCUT2D eigenvalue weighted by molar-refractivity contribution is 7.80. The summed E-state index contributed by atoms with van der Waals surface area (Å²) in [7, 11) is 0. The third-order valence-corrected chi connectivity index (χ3v) is 3.95. The second-order valence-corrected chi connectivity index (χ2v) is 5.83. The molecular weight excluding hydrogens is 355 g/mol. The minimum absolute atomic E-state index is 0.00935. The van der Waals surface area contributed by atoms with Crippen molar-refractivity contribution in [2.24, 2.45) is 0 Å². The van der Waals surface area contributed by atoms with E-state index >= 15 is 0 Å². The predicted molar refractivity (Wildman–Crippen MR) is 100 cm³/mol. The Kier molecular flexibility index (Phi) is 5.09. The van der Waals surface area contributed by atoms with Gasteiger partial charge >= 0.3 is 0 Å². The fraction of sp³-hybridized carbons (Fsp3) is 0.105. The number of halogens is 1. The lowest BCUT2D eigenvalue weighted by molar-refractivity contribution is -0.122. The highest BCUT2D eigenvalue weighted by Gasteiger charge is 2.34. The molecule has 0 radical (unpaired) electrons. The summed E-state index contributed by atoms with van der Waals surface area (Å²) in [5.41, 5.74) is 0.920. The lowest BCUT2D eigenvalue weighted by Gasteiger charge is -2.29. The van der Waals surface area contributed by atoms with Crippen LogP contribution in [0.4, 0.5) is 10.1 Å². The number of anilines is 1. The first kappa shape index (κ1) is 17.8. The van der Waals surface area contributed by atoms with E-state index in [1.54, 1.807) is 24.3 Å². The molecule has 1 aliphatic heterocycles. The molecule has 26 heavy (non-hydrogen) atoms. The molecule has 1 heterocycles. The van der Waals surface area contributed by atoms with E-state index in [-0.39, 0.29) is 10.7 Å². The van der Waals surface area contributed by atoms with Gasteiger partial charge in [-0.3, -0.25) is 19.8 Å². The number of carbonyl (C=O) groups is 2. The maximum atomic E-state index is 13.0. The number of hydrogen-bond acceptors (Lipinski definition) is 4. The Hall–Kier alpha value is -3.06. The Labute approximate surface area is 155 Å². The molecule has 1 fully saturated rings. The number of ether oxygens (including phenoxy) is 1. The van der Waals surface area contributed by atoms with Crippen molar-refractivity contribution in [3.8, 4) is 5.75 Å². The molecule has 0 saturated carbocycles. The second-order valence-electron chi connectivity index (χ2n) is 5.44. The molecule has 1 aliphatic rings. The zero-order valence-electron chi connectivity index (χ0n) is 13.9. The molecule has 1 saturated heterocycles. The number of carbonyl (C=O) groups excluding carboxylic acids is 2. The van der Waals surface area contributed by atoms with Crippen LogP contribution >= 0.6 is 12.2 Å². The van der Waals surface area contributed by atoms with Gasteiger partial charge in [0.15, 0.2) is 5.11 Å². The summed E-state index contributed by atoms with van der Waals surface area (Å²) >= 11 is 5.16. The minimum atomic E-state index is -0.596. The summed E-state index contributed by atoms with van der Waals surface area (Å²) in [6, 6.07) is 12.3. The van der Waals surface area contributed by atoms with Crippen molar-refractivity contribution in [3.63, 3.8) is 0 Å². The van der Waals surface area contributed by atoms with E-state index in [0.717, 1.165) is 0 Å². The van der Waals surface area contributed by atoms with E-state index in [1.807, 2.05) is 6.92 Å². The topological polar surface area (TPSA) is 58.6 Å². The van der Waals surface area contributed by atoms with Crippen LogP contribution in [0.15, 0.2) is 54.1 Å². The maximum absolute atomic E-state index is 13.0. The number of hydrogen-bond donors (Lipinski definition) is 1. The Balaban J connectivity index is 1.98. The Morgan fingerprint density at radius 2 is 1.92 bits per heavy atom. The number of benzene rings is 2. The first-order valence-electron chi connectivity index (χ1n) is 7.89. The molecule has 0 bridgehead atoms. The normalized spacial score (nSPS) is 16.0. The van der Waals surface area contributed by atoms with Gasteiger partial charge in [0.1, 0.15) is 17.1 Å². The minimum Gasteiger partial charge on any atom is -0.494 e. The third kappa shape index (κ3) is 3.62. The van der Waals surface area contributed by atoms with Crippen LogP contribution in [0, 0.1) is 5.82 Å². The number of rotatable bonds is 4. The first-order valence-corrected chi connectivity index (χ1v) is 8.30. The largest absolute Gasteiger partial charge is 0.494 e. The van der Waals surface area contributed by atoms with Crippen molar-refractivity contribution >= 4 is 40.9 Å². The van der Waals surface area contributed by atoms with E-state index in [0.29, 0.717) is 23.6 Å². The molecule has 7 heteroatoms. The molecule has 0 atom stereocenters. The maximum Gasteiger partial charge on any atom is 0.270 e. The smallest absolute Gasteiger partial charge is 0.270 e. The van der Waals surface area contributed by atoms with Crippen LogP contribution in [0.25, 0.3) is 6.08 Å². The molecule has 5 nitrogen and oxygen atoms in total. The number of nitrogens with one attached hydrogen (secondary N) is 1. The quantitative estimate of drug-likeness (QED) is 0.511. The van der Waals surface area contributed by atoms with Gasteiger partial charge in [0.05, 0.1) is 12.3 Å². The van der Waals surface area contributed by atoms with Gasteiger partial charge in [0.2, 0.25) is 0 Å². The lowest BCUT2D eigenvalue weighted by Crippen LogP contribution is -2.54. The Bertz CT molecular complexity index is 909. The fourth-order valence-corrected chi connectivity index (χ4v) is 2.78. The van der Waals surface area contributed by atoms with Crippen LogP contribution < -0.4 is 15.0 Å². The standard InChI is InChI=1S/C19H15FN2O3S/c1-2-25-15-5-3-4-14(11-15)22-18(24)16(17(23)21-19(22)26)10-12-6-8-13(20)9-7-12/h3-11H,2H2,1H3,(H,21,23,26)/b16-10-. The van der Waals surface area contributed by atoms with Gasteiger partial charge in [-0.1, -0.05) is 18.2 Å². The van der Waals surface area contributed by atoms with Gasteiger partial charge in [0, 0.05) is 6.07 Å². The van der Waals surface area contributed by atoms with Crippen LogP contribution in [-0.2, 0) is 9.59 Å². The molecule has 2 aromatic carbocycles. The monoisotopic (exact) mass is 370 g/mol. The van der Waals surface area contributed by atoms with Crippen LogP contribution in [0.1, 0.15) is 12.5 Å². The molecule has 0 aromatic heterocycles. The summed E-state index contributed by atoms with van der Waals surface area (Å²) in [5, 5.41) is 2.50. The molecule has 2 amide bonds. The second kappa shape index (κ2) is 7.45. The molecule has 132 valence electrons. The van der Waals surface area contributed by atoms with Gasteiger partial charge < -0.3 is 4.74 Å². The predicted octanol–water partition coefficient (Wildman–Crippen LogP) is 3.06. The molecule has 1 N–H and O–H groups in total. The van der Waals surface area contributed by atoms with Crippen molar-refractivity contribution in [2.75, 3.05) is 11.5 Å². The van der Waals surface area contributed by atoms with Gasteiger partial charge in [-0.2, -0.15) is 0 Å². The van der Waals surface area contributed by atoms with E-state index in [4.69, 9.17) is 17.0 Å². The molecule has 3 rings (SSSR count). The number of nitrogens with zero attached hydrogens (tertiary/aromatic N) is 1. The van der Waals surface area contributed by atoms with Crippen molar-refractivity contribution in [2.45, 2.75) is 6.92 Å². The first-order chi connectivity index (χ1) is 12.5. The van der Waals surface area contributed by atoms with Crippen LogP contribution in [0.3, 0.4) is 0 Å². The average molecular weight is 370 g/mol. The van der Waals surface area contributed by atoms with Crippen molar-refractivity contribution in [1.82, 2.24) is 5.32 Å². The van der Waals surface area contributed by atoms with Crippen molar-refractivity contribution in [3.05, 3.63) is 65.5 Å². The molecule has 0 unspecified atom stereocenters. The van der Waals surface area contributed by atoms with Crippen LogP contribution in [0.2, 0.25) is 0 Å². The van der Waals surface area contributed by atoms with Crippen molar-refractivity contribution in [1.29, 1.82) is 0 Å². The van der Waals surface area contributed by atoms with Gasteiger partial charge in [-0.25, -0.2) is 4.39 Å². The highest BCUT2D eigenvalue weighted by Crippen LogP contribution is 2.25. The van der Waals surface area contributed by atoms with E-state index in [1.165, 1.54) is 35.2 Å². The third-order valence-electron chi connectivity index (χ3n) is 3.67. The van der Waals surface area contributed by atoms with Crippen LogP contribution in [0.5, 0.6) is 5.75 Å². The molecule has 2 aromatic rings. The Morgan fingerprint density at radius 3 is 2.62 bits per heavy atom. The summed E-state index contributed by atoms with van der Waals surface area (Å²) in [6.07, 6.45) is 1.40. The number of amides is 2. The number of thiocarbonyl (C=S) groups is 1. The fourth-order valence-electron chi connectivity index (χ4n) is 2.50.